The Kier molecular flexibility index (Phi) is 4.58. The maximum Gasteiger partial charge on any atom is 0.0588 e. The molecule has 0 aliphatic carbocycles. The summed E-state index contributed by atoms with van der Waals surface area (Å²) in [7, 11) is 2.17. The predicted octanol–water partition coefficient (Wildman–Crippen LogP) is 0.304. The van der Waals surface area contributed by atoms with Gasteiger partial charge < -0.3 is 15.4 Å². The highest BCUT2D eigenvalue weighted by Gasteiger charge is 2.21. The summed E-state index contributed by atoms with van der Waals surface area (Å²) in [5, 5.41) is 0. The zero-order valence-electron chi connectivity index (χ0n) is 7.96. The van der Waals surface area contributed by atoms with E-state index in [4.69, 9.17) is 10.5 Å². The Balaban J connectivity index is 1.77. The molecule has 0 bridgehead atoms. The quantitative estimate of drug-likeness (QED) is 0.586. The van der Waals surface area contributed by atoms with Crippen molar-refractivity contribution in [3.05, 3.63) is 0 Å². The third kappa shape index (κ3) is 3.52. The van der Waals surface area contributed by atoms with Crippen LogP contribution in [0.1, 0.15) is 12.8 Å². The second-order valence-corrected chi connectivity index (χ2v) is 3.63. The smallest absolute Gasteiger partial charge is 0.0588 e. The minimum atomic E-state index is 0.645. The molecule has 3 nitrogen and oxygen atoms in total. The monoisotopic (exact) mass is 172 g/mol. The van der Waals surface area contributed by atoms with Crippen molar-refractivity contribution in [1.29, 1.82) is 0 Å². The van der Waals surface area contributed by atoms with E-state index < -0.39 is 0 Å². The molecule has 0 aromatic carbocycles. The average Bonchev–Trinajstić information content (AvgIpc) is 2.00. The van der Waals surface area contributed by atoms with Crippen LogP contribution in [0.15, 0.2) is 0 Å². The molecule has 0 atom stereocenters. The van der Waals surface area contributed by atoms with Gasteiger partial charge >= 0.3 is 0 Å². The topological polar surface area (TPSA) is 38.5 Å². The van der Waals surface area contributed by atoms with Crippen LogP contribution < -0.4 is 5.73 Å². The van der Waals surface area contributed by atoms with E-state index in [9.17, 15) is 0 Å². The van der Waals surface area contributed by atoms with Crippen molar-refractivity contribution in [2.45, 2.75) is 12.8 Å². The molecule has 1 saturated heterocycles. The van der Waals surface area contributed by atoms with Crippen molar-refractivity contribution in [2.75, 3.05) is 39.9 Å². The number of hydrogen-bond acceptors (Lipinski definition) is 3. The first-order valence-corrected chi connectivity index (χ1v) is 4.79. The zero-order chi connectivity index (χ0) is 8.81. The van der Waals surface area contributed by atoms with Crippen LogP contribution in [0.25, 0.3) is 0 Å². The van der Waals surface area contributed by atoms with Gasteiger partial charge in [-0.2, -0.15) is 0 Å². The Morgan fingerprint density at radius 2 is 2.17 bits per heavy atom. The summed E-state index contributed by atoms with van der Waals surface area (Å²) >= 11 is 0. The van der Waals surface area contributed by atoms with E-state index in [2.05, 4.69) is 11.9 Å². The van der Waals surface area contributed by atoms with Crippen LogP contribution in [0, 0.1) is 5.92 Å². The SMILES string of the molecule is CN1CC(CCCOCCN)C1. The van der Waals surface area contributed by atoms with Crippen LogP contribution in [-0.2, 0) is 4.74 Å². The molecule has 0 aromatic heterocycles. The van der Waals surface area contributed by atoms with Crippen LogP contribution in [-0.4, -0.2) is 44.8 Å². The summed E-state index contributed by atoms with van der Waals surface area (Å²) in [4.78, 5) is 2.35. The normalized spacial score (nSPS) is 19.5. The van der Waals surface area contributed by atoms with Gasteiger partial charge in [-0.1, -0.05) is 0 Å². The van der Waals surface area contributed by atoms with Crippen LogP contribution in [0.3, 0.4) is 0 Å². The lowest BCUT2D eigenvalue weighted by molar-refractivity contribution is 0.0978. The van der Waals surface area contributed by atoms with Gasteiger partial charge in [0.1, 0.15) is 0 Å². The number of likely N-dealkylation sites (tertiary alicyclic amines) is 1. The minimum Gasteiger partial charge on any atom is -0.380 e. The van der Waals surface area contributed by atoms with Crippen molar-refractivity contribution < 1.29 is 4.74 Å². The molecular formula is C9H20N2O. The molecule has 0 aromatic rings. The molecule has 0 amide bonds. The third-order valence-electron chi connectivity index (χ3n) is 2.30. The molecule has 0 unspecified atom stereocenters. The van der Waals surface area contributed by atoms with Gasteiger partial charge in [-0.15, -0.1) is 0 Å². The summed E-state index contributed by atoms with van der Waals surface area (Å²) in [6.45, 7) is 4.79. The number of ether oxygens (including phenoxy) is 1. The van der Waals surface area contributed by atoms with Gasteiger partial charge in [-0.05, 0) is 25.8 Å². The van der Waals surface area contributed by atoms with Gasteiger partial charge in [0.15, 0.2) is 0 Å². The molecule has 1 aliphatic rings. The number of hydrogen-bond donors (Lipinski definition) is 1. The summed E-state index contributed by atoms with van der Waals surface area (Å²) in [6.07, 6.45) is 2.51. The summed E-state index contributed by atoms with van der Waals surface area (Å²) in [6, 6.07) is 0. The third-order valence-corrected chi connectivity index (χ3v) is 2.30. The molecule has 1 fully saturated rings. The fourth-order valence-electron chi connectivity index (χ4n) is 1.67. The molecule has 0 saturated carbocycles. The van der Waals surface area contributed by atoms with Crippen molar-refractivity contribution in [2.24, 2.45) is 11.7 Å². The average molecular weight is 172 g/mol. The van der Waals surface area contributed by atoms with Gasteiger partial charge in [0, 0.05) is 26.2 Å². The largest absolute Gasteiger partial charge is 0.380 e. The first-order valence-electron chi connectivity index (χ1n) is 4.79. The summed E-state index contributed by atoms with van der Waals surface area (Å²) < 4.78 is 5.29. The lowest BCUT2D eigenvalue weighted by Crippen LogP contribution is -2.43. The van der Waals surface area contributed by atoms with Crippen LogP contribution in [0.5, 0.6) is 0 Å². The number of nitrogens with zero attached hydrogens (tertiary/aromatic N) is 1. The predicted molar refractivity (Wildman–Crippen MR) is 50.1 cm³/mol. The van der Waals surface area contributed by atoms with Gasteiger partial charge in [0.05, 0.1) is 6.61 Å². The lowest BCUT2D eigenvalue weighted by Gasteiger charge is -2.36. The summed E-state index contributed by atoms with van der Waals surface area (Å²) in [5.74, 6) is 0.927. The zero-order valence-corrected chi connectivity index (χ0v) is 7.96. The second-order valence-electron chi connectivity index (χ2n) is 3.63. The second kappa shape index (κ2) is 5.51. The van der Waals surface area contributed by atoms with E-state index in [1.807, 2.05) is 0 Å². The van der Waals surface area contributed by atoms with Gasteiger partial charge in [-0.3, -0.25) is 0 Å². The first kappa shape index (κ1) is 9.96. The van der Waals surface area contributed by atoms with E-state index in [1.165, 1.54) is 25.9 Å². The molecule has 0 spiro atoms. The minimum absolute atomic E-state index is 0.645. The van der Waals surface area contributed by atoms with Crippen LogP contribution >= 0.6 is 0 Å². The Hall–Kier alpha value is -0.120. The van der Waals surface area contributed by atoms with E-state index in [0.29, 0.717) is 13.2 Å². The molecule has 72 valence electrons. The first-order chi connectivity index (χ1) is 5.83. The Bertz CT molecular complexity index is 113. The molecule has 3 heteroatoms. The van der Waals surface area contributed by atoms with Crippen LogP contribution in [0.4, 0.5) is 0 Å². The summed E-state index contributed by atoms with van der Waals surface area (Å²) in [5.41, 5.74) is 5.29. The molecule has 12 heavy (non-hydrogen) atoms. The number of rotatable bonds is 6. The highest BCUT2D eigenvalue weighted by Crippen LogP contribution is 2.17. The van der Waals surface area contributed by atoms with Gasteiger partial charge in [-0.25, -0.2) is 0 Å². The molecule has 2 N–H and O–H groups in total. The maximum absolute atomic E-state index is 5.29. The maximum atomic E-state index is 5.29. The molecule has 1 heterocycles. The van der Waals surface area contributed by atoms with Gasteiger partial charge in [0.2, 0.25) is 0 Å². The van der Waals surface area contributed by atoms with E-state index in [1.54, 1.807) is 0 Å². The van der Waals surface area contributed by atoms with E-state index in [0.717, 1.165) is 12.5 Å². The van der Waals surface area contributed by atoms with Crippen molar-refractivity contribution in [1.82, 2.24) is 4.90 Å². The molecule has 1 aliphatic heterocycles. The highest BCUT2D eigenvalue weighted by molar-refractivity contribution is 4.76. The van der Waals surface area contributed by atoms with Gasteiger partial charge in [0.25, 0.3) is 0 Å². The fourth-order valence-corrected chi connectivity index (χ4v) is 1.67. The lowest BCUT2D eigenvalue weighted by atomic mass is 9.96. The molecule has 1 rings (SSSR count). The highest BCUT2D eigenvalue weighted by atomic mass is 16.5. The van der Waals surface area contributed by atoms with E-state index in [-0.39, 0.29) is 0 Å². The van der Waals surface area contributed by atoms with E-state index >= 15 is 0 Å². The molecular weight excluding hydrogens is 152 g/mol. The van der Waals surface area contributed by atoms with Crippen molar-refractivity contribution in [3.8, 4) is 0 Å². The Labute approximate surface area is 74.9 Å². The number of nitrogens with two attached hydrogens (primary N) is 1. The molecule has 0 radical (unpaired) electrons. The van der Waals surface area contributed by atoms with Crippen LogP contribution in [0.2, 0.25) is 0 Å². The standard InChI is InChI=1S/C9H20N2O/c1-11-7-9(8-11)3-2-5-12-6-4-10/h9H,2-8,10H2,1H3. The van der Waals surface area contributed by atoms with Crippen molar-refractivity contribution in [3.63, 3.8) is 0 Å². The fraction of sp³-hybridized carbons (Fsp3) is 1.00. The Morgan fingerprint density at radius 3 is 2.75 bits per heavy atom. The Morgan fingerprint density at radius 1 is 1.42 bits per heavy atom. The van der Waals surface area contributed by atoms with Crippen molar-refractivity contribution >= 4 is 0 Å².